The van der Waals surface area contributed by atoms with Crippen LogP contribution in [0.15, 0.2) is 23.1 Å². The minimum absolute atomic E-state index is 0.0515. The lowest BCUT2D eigenvalue weighted by Gasteiger charge is -2.32. The third kappa shape index (κ3) is 5.19. The second-order valence-corrected chi connectivity index (χ2v) is 9.32. The summed E-state index contributed by atoms with van der Waals surface area (Å²) in [5, 5.41) is 0. The van der Waals surface area contributed by atoms with Crippen molar-refractivity contribution in [1.82, 2.24) is 4.72 Å². The number of nitrogens with one attached hydrogen (secondary N) is 1. The zero-order chi connectivity index (χ0) is 21.4. The molecule has 0 aromatic heterocycles. The standard InChI is InChI=1S/C17H25BF3NO5S/c1-6-7-10-22-28(23,24)14-9-8-12(25-17(19,20)21)11-13(14)18-26-15(2,3)16(4,5)27-18/h8-9,11,22H,6-7,10H2,1-5H3. The van der Waals surface area contributed by atoms with Crippen molar-refractivity contribution in [2.45, 2.75) is 69.9 Å². The first kappa shape index (κ1) is 23.0. The van der Waals surface area contributed by atoms with Gasteiger partial charge in [0.15, 0.2) is 0 Å². The van der Waals surface area contributed by atoms with E-state index in [0.29, 0.717) is 6.42 Å². The van der Waals surface area contributed by atoms with Crippen LogP contribution >= 0.6 is 0 Å². The molecule has 0 unspecified atom stereocenters. The van der Waals surface area contributed by atoms with Crippen LogP contribution in [0.3, 0.4) is 0 Å². The van der Waals surface area contributed by atoms with E-state index < -0.39 is 40.5 Å². The number of unbranched alkanes of at least 4 members (excludes halogenated alkanes) is 1. The largest absolute Gasteiger partial charge is 0.573 e. The summed E-state index contributed by atoms with van der Waals surface area (Å²) in [6.45, 7) is 9.16. The molecular weight excluding hydrogens is 398 g/mol. The molecule has 1 aromatic rings. The van der Waals surface area contributed by atoms with Gasteiger partial charge in [0.05, 0.1) is 16.1 Å². The lowest BCUT2D eigenvalue weighted by atomic mass is 9.79. The van der Waals surface area contributed by atoms with Crippen molar-refractivity contribution in [2.24, 2.45) is 0 Å². The summed E-state index contributed by atoms with van der Waals surface area (Å²) in [5.74, 6) is -0.551. The number of hydrogen-bond donors (Lipinski definition) is 1. The van der Waals surface area contributed by atoms with Gasteiger partial charge in [0.25, 0.3) is 0 Å². The Bertz CT molecular complexity index is 796. The van der Waals surface area contributed by atoms with Crippen LogP contribution in [-0.2, 0) is 19.3 Å². The highest BCUT2D eigenvalue weighted by Gasteiger charge is 2.53. The highest BCUT2D eigenvalue weighted by Crippen LogP contribution is 2.37. The van der Waals surface area contributed by atoms with Gasteiger partial charge in [-0.05, 0) is 52.3 Å². The van der Waals surface area contributed by atoms with Crippen LogP contribution < -0.4 is 14.9 Å². The van der Waals surface area contributed by atoms with Crippen molar-refractivity contribution in [1.29, 1.82) is 0 Å². The second kappa shape index (κ2) is 7.85. The van der Waals surface area contributed by atoms with Gasteiger partial charge in [-0.2, -0.15) is 0 Å². The summed E-state index contributed by atoms with van der Waals surface area (Å²) in [6, 6.07) is 3.01. The Kier molecular flexibility index (Phi) is 6.45. The van der Waals surface area contributed by atoms with Gasteiger partial charge in [-0.25, -0.2) is 13.1 Å². The summed E-state index contributed by atoms with van der Waals surface area (Å²) in [5.41, 5.74) is -1.64. The molecule has 0 atom stereocenters. The Morgan fingerprint density at radius 3 is 2.21 bits per heavy atom. The normalized spacial score (nSPS) is 19.1. The SMILES string of the molecule is CCCCNS(=O)(=O)c1ccc(OC(F)(F)F)cc1B1OC(C)(C)C(C)(C)O1. The quantitative estimate of drug-likeness (QED) is 0.539. The Labute approximate surface area is 163 Å². The Hall–Kier alpha value is -1.30. The predicted octanol–water partition coefficient (Wildman–Crippen LogP) is 2.96. The topological polar surface area (TPSA) is 73.9 Å². The first-order chi connectivity index (χ1) is 12.7. The molecule has 0 amide bonds. The van der Waals surface area contributed by atoms with E-state index in [9.17, 15) is 21.6 Å². The molecule has 1 N–H and O–H groups in total. The predicted molar refractivity (Wildman–Crippen MR) is 98.9 cm³/mol. The molecule has 0 saturated carbocycles. The Morgan fingerprint density at radius 1 is 1.14 bits per heavy atom. The molecule has 28 heavy (non-hydrogen) atoms. The van der Waals surface area contributed by atoms with Crippen molar-refractivity contribution in [2.75, 3.05) is 6.54 Å². The molecule has 0 aliphatic carbocycles. The van der Waals surface area contributed by atoms with Crippen LogP contribution in [0.5, 0.6) is 5.75 Å². The fourth-order valence-electron chi connectivity index (χ4n) is 2.58. The second-order valence-electron chi connectivity index (χ2n) is 7.59. The molecular formula is C17H25BF3NO5S. The smallest absolute Gasteiger partial charge is 0.406 e. The van der Waals surface area contributed by atoms with Crippen LogP contribution in [-0.4, -0.2) is 39.6 Å². The zero-order valence-electron chi connectivity index (χ0n) is 16.5. The molecule has 1 fully saturated rings. The molecule has 1 aromatic carbocycles. The molecule has 6 nitrogen and oxygen atoms in total. The van der Waals surface area contributed by atoms with E-state index in [2.05, 4.69) is 9.46 Å². The third-order valence-electron chi connectivity index (χ3n) is 4.83. The van der Waals surface area contributed by atoms with E-state index in [4.69, 9.17) is 9.31 Å². The maximum Gasteiger partial charge on any atom is 0.573 e. The Balaban J connectivity index is 2.48. The van der Waals surface area contributed by atoms with Gasteiger partial charge in [-0.15, -0.1) is 13.2 Å². The highest BCUT2D eigenvalue weighted by atomic mass is 32.2. The zero-order valence-corrected chi connectivity index (χ0v) is 17.3. The van der Waals surface area contributed by atoms with E-state index in [1.54, 1.807) is 27.7 Å². The molecule has 1 aliphatic heterocycles. The number of benzene rings is 1. The van der Waals surface area contributed by atoms with E-state index in [0.717, 1.165) is 24.6 Å². The number of alkyl halides is 3. The van der Waals surface area contributed by atoms with Crippen molar-refractivity contribution >= 4 is 22.6 Å². The lowest BCUT2D eigenvalue weighted by Crippen LogP contribution is -2.41. The number of ether oxygens (including phenoxy) is 1. The van der Waals surface area contributed by atoms with Crippen molar-refractivity contribution in [3.8, 4) is 5.75 Å². The van der Waals surface area contributed by atoms with Gasteiger partial charge in [0.1, 0.15) is 5.75 Å². The van der Waals surface area contributed by atoms with Gasteiger partial charge in [-0.1, -0.05) is 13.3 Å². The van der Waals surface area contributed by atoms with Crippen LogP contribution in [0.4, 0.5) is 13.2 Å². The molecule has 1 saturated heterocycles. The number of rotatable bonds is 7. The van der Waals surface area contributed by atoms with Crippen molar-refractivity contribution in [3.05, 3.63) is 18.2 Å². The van der Waals surface area contributed by atoms with E-state index in [-0.39, 0.29) is 16.9 Å². The fourth-order valence-corrected chi connectivity index (χ4v) is 3.86. The summed E-state index contributed by atoms with van der Waals surface area (Å²) in [4.78, 5) is -0.211. The van der Waals surface area contributed by atoms with Gasteiger partial charge < -0.3 is 14.0 Å². The number of sulfonamides is 1. The Morgan fingerprint density at radius 2 is 1.71 bits per heavy atom. The number of hydrogen-bond acceptors (Lipinski definition) is 5. The minimum Gasteiger partial charge on any atom is -0.406 e. The van der Waals surface area contributed by atoms with Crippen LogP contribution in [0.25, 0.3) is 0 Å². The van der Waals surface area contributed by atoms with Crippen LogP contribution in [0.2, 0.25) is 0 Å². The van der Waals surface area contributed by atoms with Crippen LogP contribution in [0.1, 0.15) is 47.5 Å². The van der Waals surface area contributed by atoms with Gasteiger partial charge >= 0.3 is 13.5 Å². The van der Waals surface area contributed by atoms with E-state index in [1.165, 1.54) is 0 Å². The molecule has 2 rings (SSSR count). The average Bonchev–Trinajstić information content (AvgIpc) is 2.73. The molecule has 158 valence electrons. The lowest BCUT2D eigenvalue weighted by molar-refractivity contribution is -0.274. The summed E-state index contributed by atoms with van der Waals surface area (Å²) in [7, 11) is -5.15. The van der Waals surface area contributed by atoms with E-state index in [1.807, 2.05) is 6.92 Å². The maximum atomic E-state index is 12.7. The maximum absolute atomic E-state index is 12.7. The summed E-state index contributed by atoms with van der Waals surface area (Å²) in [6.07, 6.45) is -3.50. The first-order valence-electron chi connectivity index (χ1n) is 8.93. The molecule has 1 aliphatic rings. The molecule has 1 heterocycles. The molecule has 0 spiro atoms. The average molecular weight is 423 g/mol. The highest BCUT2D eigenvalue weighted by molar-refractivity contribution is 7.89. The monoisotopic (exact) mass is 423 g/mol. The summed E-state index contributed by atoms with van der Waals surface area (Å²) >= 11 is 0. The van der Waals surface area contributed by atoms with Crippen molar-refractivity contribution in [3.63, 3.8) is 0 Å². The van der Waals surface area contributed by atoms with E-state index >= 15 is 0 Å². The summed E-state index contributed by atoms with van der Waals surface area (Å²) < 4.78 is 81.4. The number of halogens is 3. The van der Waals surface area contributed by atoms with Gasteiger partial charge in [-0.3, -0.25) is 0 Å². The molecule has 0 bridgehead atoms. The fraction of sp³-hybridized carbons (Fsp3) is 0.647. The van der Waals surface area contributed by atoms with Crippen molar-refractivity contribution < 1.29 is 35.6 Å². The van der Waals surface area contributed by atoms with Crippen LogP contribution in [0, 0.1) is 0 Å². The molecule has 11 heteroatoms. The first-order valence-corrected chi connectivity index (χ1v) is 10.4. The molecule has 0 radical (unpaired) electrons. The third-order valence-corrected chi connectivity index (χ3v) is 6.37. The van der Waals surface area contributed by atoms with Gasteiger partial charge in [0.2, 0.25) is 10.0 Å². The minimum atomic E-state index is -4.91. The van der Waals surface area contributed by atoms with Gasteiger partial charge in [0, 0.05) is 12.0 Å².